The Kier molecular flexibility index (Phi) is 4.01. The number of imidazole rings is 1. The SMILES string of the molecule is Cc1ccccc1-c1cnc(C(O)c2ccc(Cl)cc2C)[nH]1. The molecule has 0 aliphatic carbocycles. The summed E-state index contributed by atoms with van der Waals surface area (Å²) in [5, 5.41) is 11.2. The number of hydrogen-bond acceptors (Lipinski definition) is 2. The second kappa shape index (κ2) is 5.95. The van der Waals surface area contributed by atoms with Crippen molar-refractivity contribution in [2.75, 3.05) is 0 Å². The molecule has 0 amide bonds. The van der Waals surface area contributed by atoms with Crippen LogP contribution >= 0.6 is 11.6 Å². The van der Waals surface area contributed by atoms with Crippen molar-refractivity contribution in [2.24, 2.45) is 0 Å². The molecule has 0 fully saturated rings. The maximum atomic E-state index is 10.6. The normalized spacial score (nSPS) is 12.4. The molecular weight excluding hydrogens is 296 g/mol. The summed E-state index contributed by atoms with van der Waals surface area (Å²) >= 11 is 5.96. The fourth-order valence-corrected chi connectivity index (χ4v) is 2.81. The highest BCUT2D eigenvalue weighted by Gasteiger charge is 2.17. The number of halogens is 1. The van der Waals surface area contributed by atoms with Crippen molar-refractivity contribution in [3.8, 4) is 11.3 Å². The lowest BCUT2D eigenvalue weighted by Crippen LogP contribution is -2.04. The largest absolute Gasteiger partial charge is 0.380 e. The number of aromatic nitrogens is 2. The molecule has 3 aromatic rings. The van der Waals surface area contributed by atoms with Gasteiger partial charge in [-0.3, -0.25) is 0 Å². The van der Waals surface area contributed by atoms with E-state index < -0.39 is 6.10 Å². The number of aryl methyl sites for hydroxylation is 2. The van der Waals surface area contributed by atoms with E-state index in [4.69, 9.17) is 11.6 Å². The highest BCUT2D eigenvalue weighted by Crippen LogP contribution is 2.28. The minimum Gasteiger partial charge on any atom is -0.380 e. The molecule has 2 N–H and O–H groups in total. The molecule has 0 spiro atoms. The summed E-state index contributed by atoms with van der Waals surface area (Å²) in [6, 6.07) is 13.5. The van der Waals surface area contributed by atoms with Crippen LogP contribution in [-0.2, 0) is 0 Å². The molecule has 1 unspecified atom stereocenters. The van der Waals surface area contributed by atoms with Gasteiger partial charge < -0.3 is 10.1 Å². The maximum absolute atomic E-state index is 10.6. The van der Waals surface area contributed by atoms with E-state index in [-0.39, 0.29) is 0 Å². The lowest BCUT2D eigenvalue weighted by molar-refractivity contribution is 0.210. The van der Waals surface area contributed by atoms with Crippen molar-refractivity contribution < 1.29 is 5.11 Å². The molecule has 3 rings (SSSR count). The third-order valence-corrected chi connectivity index (χ3v) is 4.05. The Hall–Kier alpha value is -2.10. The van der Waals surface area contributed by atoms with Gasteiger partial charge in [-0.1, -0.05) is 41.9 Å². The summed E-state index contributed by atoms with van der Waals surface area (Å²) in [5.74, 6) is 0.531. The fraction of sp³-hybridized carbons (Fsp3) is 0.167. The van der Waals surface area contributed by atoms with E-state index in [0.29, 0.717) is 10.8 Å². The second-order valence-electron chi connectivity index (χ2n) is 5.40. The molecule has 0 aliphatic rings. The predicted octanol–water partition coefficient (Wildman–Crippen LogP) is 4.43. The minimum absolute atomic E-state index is 0.531. The van der Waals surface area contributed by atoms with Gasteiger partial charge in [0.25, 0.3) is 0 Å². The molecule has 0 saturated carbocycles. The average Bonchev–Trinajstić information content (AvgIpc) is 2.97. The zero-order valence-electron chi connectivity index (χ0n) is 12.5. The number of H-pyrrole nitrogens is 1. The number of aromatic amines is 1. The van der Waals surface area contributed by atoms with Gasteiger partial charge in [-0.05, 0) is 42.7 Å². The van der Waals surface area contributed by atoms with Gasteiger partial charge in [0.2, 0.25) is 0 Å². The molecule has 112 valence electrons. The quantitative estimate of drug-likeness (QED) is 0.751. The molecule has 0 bridgehead atoms. The molecule has 3 nitrogen and oxygen atoms in total. The third kappa shape index (κ3) is 2.78. The van der Waals surface area contributed by atoms with Crippen LogP contribution in [-0.4, -0.2) is 15.1 Å². The Labute approximate surface area is 134 Å². The van der Waals surface area contributed by atoms with Gasteiger partial charge in [-0.2, -0.15) is 0 Å². The van der Waals surface area contributed by atoms with Crippen LogP contribution in [0.15, 0.2) is 48.7 Å². The summed E-state index contributed by atoms with van der Waals surface area (Å²) in [4.78, 5) is 7.55. The molecule has 0 aliphatic heterocycles. The van der Waals surface area contributed by atoms with Crippen molar-refractivity contribution in [1.82, 2.24) is 9.97 Å². The summed E-state index contributed by atoms with van der Waals surface area (Å²) in [6.07, 6.45) is 0.960. The Balaban J connectivity index is 1.95. The van der Waals surface area contributed by atoms with Crippen LogP contribution in [0.2, 0.25) is 5.02 Å². The van der Waals surface area contributed by atoms with Crippen LogP contribution in [0, 0.1) is 13.8 Å². The van der Waals surface area contributed by atoms with E-state index in [9.17, 15) is 5.11 Å². The first-order valence-electron chi connectivity index (χ1n) is 7.11. The standard InChI is InChI=1S/C18H17ClN2O/c1-11-5-3-4-6-14(11)16-10-20-18(21-16)17(22)15-8-7-13(19)9-12(15)2/h3-10,17,22H,1-2H3,(H,20,21). The van der Waals surface area contributed by atoms with Crippen molar-refractivity contribution in [3.63, 3.8) is 0 Å². The fourth-order valence-electron chi connectivity index (χ4n) is 2.58. The van der Waals surface area contributed by atoms with Crippen LogP contribution in [0.5, 0.6) is 0 Å². The van der Waals surface area contributed by atoms with Gasteiger partial charge in [0.1, 0.15) is 11.9 Å². The molecule has 1 atom stereocenters. The summed E-state index contributed by atoms with van der Waals surface area (Å²) < 4.78 is 0. The third-order valence-electron chi connectivity index (χ3n) is 3.82. The van der Waals surface area contributed by atoms with Gasteiger partial charge >= 0.3 is 0 Å². The first-order valence-corrected chi connectivity index (χ1v) is 7.49. The molecule has 2 aromatic carbocycles. The van der Waals surface area contributed by atoms with Gasteiger partial charge in [-0.15, -0.1) is 0 Å². The highest BCUT2D eigenvalue weighted by molar-refractivity contribution is 6.30. The van der Waals surface area contributed by atoms with Crippen LogP contribution < -0.4 is 0 Å². The van der Waals surface area contributed by atoms with Crippen LogP contribution in [0.4, 0.5) is 0 Å². The monoisotopic (exact) mass is 312 g/mol. The van der Waals surface area contributed by atoms with Crippen molar-refractivity contribution >= 4 is 11.6 Å². The number of nitrogens with zero attached hydrogens (tertiary/aromatic N) is 1. The number of aliphatic hydroxyl groups is 1. The Morgan fingerprint density at radius 2 is 1.86 bits per heavy atom. The number of nitrogens with one attached hydrogen (secondary N) is 1. The number of benzene rings is 2. The van der Waals surface area contributed by atoms with Crippen molar-refractivity contribution in [2.45, 2.75) is 20.0 Å². The van der Waals surface area contributed by atoms with Crippen molar-refractivity contribution in [1.29, 1.82) is 0 Å². The zero-order valence-corrected chi connectivity index (χ0v) is 13.2. The molecule has 1 heterocycles. The molecule has 0 saturated heterocycles. The molecule has 1 aromatic heterocycles. The number of aliphatic hydroxyl groups excluding tert-OH is 1. The minimum atomic E-state index is -0.796. The first-order chi connectivity index (χ1) is 10.6. The lowest BCUT2D eigenvalue weighted by atomic mass is 10.0. The second-order valence-corrected chi connectivity index (χ2v) is 5.84. The Bertz CT molecular complexity index is 810. The Morgan fingerprint density at radius 1 is 1.09 bits per heavy atom. The summed E-state index contributed by atoms with van der Waals surface area (Å²) in [5.41, 5.74) is 4.89. The summed E-state index contributed by atoms with van der Waals surface area (Å²) in [6.45, 7) is 3.98. The Morgan fingerprint density at radius 3 is 2.59 bits per heavy atom. The van der Waals surface area contributed by atoms with Crippen LogP contribution in [0.3, 0.4) is 0 Å². The topological polar surface area (TPSA) is 48.9 Å². The summed E-state index contributed by atoms with van der Waals surface area (Å²) in [7, 11) is 0. The lowest BCUT2D eigenvalue weighted by Gasteiger charge is -2.12. The van der Waals surface area contributed by atoms with E-state index in [1.54, 1.807) is 12.3 Å². The van der Waals surface area contributed by atoms with Gasteiger partial charge in [0, 0.05) is 10.6 Å². The van der Waals surface area contributed by atoms with E-state index in [0.717, 1.165) is 27.9 Å². The maximum Gasteiger partial charge on any atom is 0.140 e. The smallest absolute Gasteiger partial charge is 0.140 e. The van der Waals surface area contributed by atoms with E-state index >= 15 is 0 Å². The van der Waals surface area contributed by atoms with Gasteiger partial charge in [-0.25, -0.2) is 4.98 Å². The zero-order chi connectivity index (χ0) is 15.7. The molecule has 0 radical (unpaired) electrons. The average molecular weight is 313 g/mol. The predicted molar refractivity (Wildman–Crippen MR) is 89.0 cm³/mol. The molecular formula is C18H17ClN2O. The van der Waals surface area contributed by atoms with Crippen LogP contribution in [0.25, 0.3) is 11.3 Å². The number of hydrogen-bond donors (Lipinski definition) is 2. The van der Waals surface area contributed by atoms with E-state index in [1.807, 2.05) is 37.3 Å². The van der Waals surface area contributed by atoms with E-state index in [1.165, 1.54) is 0 Å². The molecule has 4 heteroatoms. The van der Waals surface area contributed by atoms with Gasteiger partial charge in [0.05, 0.1) is 11.9 Å². The number of rotatable bonds is 3. The van der Waals surface area contributed by atoms with Crippen LogP contribution in [0.1, 0.15) is 28.6 Å². The highest BCUT2D eigenvalue weighted by atomic mass is 35.5. The molecule has 22 heavy (non-hydrogen) atoms. The van der Waals surface area contributed by atoms with Crippen molar-refractivity contribution in [3.05, 3.63) is 76.2 Å². The van der Waals surface area contributed by atoms with Gasteiger partial charge in [0.15, 0.2) is 0 Å². The van der Waals surface area contributed by atoms with E-state index in [2.05, 4.69) is 23.0 Å². The first kappa shape index (κ1) is 14.8.